The molecule has 1 rings (SSSR count). The van der Waals surface area contributed by atoms with Gasteiger partial charge in [0.2, 0.25) is 0 Å². The van der Waals surface area contributed by atoms with Gasteiger partial charge in [-0.1, -0.05) is 0 Å². The number of carbonyl (C=O) groups excluding carboxylic acids is 1. The van der Waals surface area contributed by atoms with E-state index in [1.54, 1.807) is 23.1 Å². The molecule has 0 atom stereocenters. The zero-order valence-corrected chi connectivity index (χ0v) is 7.06. The van der Waals surface area contributed by atoms with Crippen molar-refractivity contribution in [3.63, 3.8) is 0 Å². The van der Waals surface area contributed by atoms with Crippen LogP contribution >= 0.6 is 0 Å². The number of nitrogens with zero attached hydrogens (tertiary/aromatic N) is 3. The monoisotopic (exact) mass is 185 g/mol. The minimum Gasteiger partial charge on any atom is -0.275 e. The second-order valence-corrected chi connectivity index (χ2v) is 1.88. The Morgan fingerprint density at radius 1 is 1.46 bits per heavy atom. The third-order valence-corrected chi connectivity index (χ3v) is 0.899. The van der Waals surface area contributed by atoms with E-state index in [0.717, 1.165) is 5.69 Å². The Kier molecular flexibility index (Phi) is 5.93. The van der Waals surface area contributed by atoms with Crippen LogP contribution in [0.1, 0.15) is 5.69 Å². The van der Waals surface area contributed by atoms with Gasteiger partial charge in [-0.25, -0.2) is 16.5 Å². The van der Waals surface area contributed by atoms with E-state index in [4.69, 9.17) is 0 Å². The summed E-state index contributed by atoms with van der Waals surface area (Å²) >= 11 is 0. The molecule has 0 saturated carbocycles. The zero-order chi connectivity index (χ0) is 10.1. The summed E-state index contributed by atoms with van der Waals surface area (Å²) in [7, 11) is 0. The average molecular weight is 185 g/mol. The molecular formula is C5H11N7O. The lowest BCUT2D eigenvalue weighted by Gasteiger charge is -1.90. The van der Waals surface area contributed by atoms with Crippen LogP contribution in [0.25, 0.3) is 0 Å². The number of carbonyl (C=O) groups is 1. The number of aromatic nitrogens is 3. The number of rotatable bonds is 0. The summed E-state index contributed by atoms with van der Waals surface area (Å²) in [6.07, 6.45) is 1.61. The minimum absolute atomic E-state index is 0.602. The summed E-state index contributed by atoms with van der Waals surface area (Å²) in [5.74, 6) is 9.08. The molecule has 2 amide bonds. The lowest BCUT2D eigenvalue weighted by atomic mass is 10.5. The molecule has 1 aromatic rings. The van der Waals surface area contributed by atoms with Gasteiger partial charge < -0.3 is 0 Å². The molecule has 0 aliphatic rings. The number of nitrogens with one attached hydrogen (secondary N) is 2. The molecule has 0 unspecified atom stereocenters. The van der Waals surface area contributed by atoms with Crippen LogP contribution in [0.5, 0.6) is 0 Å². The molecule has 72 valence electrons. The highest BCUT2D eigenvalue weighted by atomic mass is 16.2. The topological polar surface area (TPSA) is 132 Å². The van der Waals surface area contributed by atoms with E-state index in [-0.39, 0.29) is 0 Å². The van der Waals surface area contributed by atoms with Crippen LogP contribution in [0, 0.1) is 6.92 Å². The molecule has 0 bridgehead atoms. The van der Waals surface area contributed by atoms with E-state index >= 15 is 0 Å². The summed E-state index contributed by atoms with van der Waals surface area (Å²) < 4.78 is 0. The van der Waals surface area contributed by atoms with Crippen LogP contribution in [0.3, 0.4) is 0 Å². The average Bonchev–Trinajstić information content (AvgIpc) is 2.19. The Hall–Kier alpha value is -1.80. The molecular weight excluding hydrogens is 174 g/mol. The Balaban J connectivity index is 0.000000226. The number of amides is 2. The van der Waals surface area contributed by atoms with Crippen molar-refractivity contribution in [3.05, 3.63) is 18.0 Å². The number of hydrogen-bond acceptors (Lipinski definition) is 6. The Labute approximate surface area is 74.6 Å². The molecule has 8 nitrogen and oxygen atoms in total. The van der Waals surface area contributed by atoms with E-state index in [1.807, 2.05) is 6.92 Å². The summed E-state index contributed by atoms with van der Waals surface area (Å²) in [6.45, 7) is 1.87. The van der Waals surface area contributed by atoms with Crippen molar-refractivity contribution in [1.29, 1.82) is 0 Å². The smallest absolute Gasteiger partial charge is 0.275 e. The first-order valence-corrected chi connectivity index (χ1v) is 3.29. The van der Waals surface area contributed by atoms with Gasteiger partial charge in [-0.15, -0.1) is 10.2 Å². The highest BCUT2D eigenvalue weighted by Gasteiger charge is 1.83. The van der Waals surface area contributed by atoms with Crippen LogP contribution < -0.4 is 22.5 Å². The molecule has 0 aliphatic heterocycles. The van der Waals surface area contributed by atoms with Crippen molar-refractivity contribution in [2.24, 2.45) is 11.7 Å². The Morgan fingerprint density at radius 2 is 2.08 bits per heavy atom. The number of hydrazine groups is 2. The number of nitrogens with two attached hydrogens (primary N) is 2. The fourth-order valence-electron chi connectivity index (χ4n) is 0.342. The number of aryl methyl sites for hydroxylation is 1. The number of hydrogen-bond donors (Lipinski definition) is 4. The first kappa shape index (κ1) is 11.2. The van der Waals surface area contributed by atoms with Gasteiger partial charge in [-0.2, -0.15) is 0 Å². The molecule has 0 spiro atoms. The molecule has 0 fully saturated rings. The van der Waals surface area contributed by atoms with Crippen molar-refractivity contribution >= 4 is 6.03 Å². The van der Waals surface area contributed by atoms with E-state index in [0.29, 0.717) is 0 Å². The summed E-state index contributed by atoms with van der Waals surface area (Å²) in [5, 5.41) is 10.5. The zero-order valence-electron chi connectivity index (χ0n) is 7.06. The van der Waals surface area contributed by atoms with Crippen LogP contribution in [-0.2, 0) is 0 Å². The first-order valence-electron chi connectivity index (χ1n) is 3.29. The molecule has 13 heavy (non-hydrogen) atoms. The van der Waals surface area contributed by atoms with Gasteiger partial charge in [0, 0.05) is 0 Å². The number of urea groups is 1. The normalized spacial score (nSPS) is 7.92. The lowest BCUT2D eigenvalue weighted by Crippen LogP contribution is -2.43. The van der Waals surface area contributed by atoms with Gasteiger partial charge in [0.1, 0.15) is 0 Å². The minimum atomic E-state index is -0.602. The van der Waals surface area contributed by atoms with E-state index in [1.165, 1.54) is 0 Å². The Bertz CT molecular complexity index is 232. The van der Waals surface area contributed by atoms with E-state index in [2.05, 4.69) is 27.1 Å². The second-order valence-electron chi connectivity index (χ2n) is 1.88. The molecule has 1 heterocycles. The van der Waals surface area contributed by atoms with E-state index in [9.17, 15) is 4.79 Å². The van der Waals surface area contributed by atoms with Crippen LogP contribution in [-0.4, -0.2) is 21.4 Å². The van der Waals surface area contributed by atoms with Gasteiger partial charge in [0.25, 0.3) is 0 Å². The molecule has 0 aliphatic carbocycles. The largest absolute Gasteiger partial charge is 0.343 e. The van der Waals surface area contributed by atoms with Crippen LogP contribution in [0.2, 0.25) is 0 Å². The molecule has 0 saturated heterocycles. The second kappa shape index (κ2) is 6.88. The van der Waals surface area contributed by atoms with Crippen LogP contribution in [0.4, 0.5) is 4.79 Å². The van der Waals surface area contributed by atoms with Gasteiger partial charge >= 0.3 is 6.03 Å². The lowest BCUT2D eigenvalue weighted by molar-refractivity contribution is 0.241. The van der Waals surface area contributed by atoms with Crippen molar-refractivity contribution in [3.8, 4) is 0 Å². The van der Waals surface area contributed by atoms with Gasteiger partial charge in [-0.3, -0.25) is 10.9 Å². The fraction of sp³-hybridized carbons (Fsp3) is 0.200. The van der Waals surface area contributed by atoms with Crippen molar-refractivity contribution in [1.82, 2.24) is 26.3 Å². The predicted molar refractivity (Wildman–Crippen MR) is 44.6 cm³/mol. The Morgan fingerprint density at radius 3 is 2.23 bits per heavy atom. The molecule has 1 aromatic heterocycles. The third kappa shape index (κ3) is 6.59. The quantitative estimate of drug-likeness (QED) is 0.214. The highest BCUT2D eigenvalue weighted by Crippen LogP contribution is 1.79. The van der Waals surface area contributed by atoms with Crippen LogP contribution in [0.15, 0.2) is 12.3 Å². The highest BCUT2D eigenvalue weighted by molar-refractivity contribution is 5.72. The predicted octanol–water partition coefficient (Wildman–Crippen LogP) is -1.79. The fourth-order valence-corrected chi connectivity index (χ4v) is 0.342. The maximum atomic E-state index is 9.71. The standard InChI is InChI=1S/C4H5N3.CH6N4O/c1-4-2-3-5-7-6-4;2-4-1(6)5-3/h2-3H,1H3;2-3H2,(H2,4,5,6). The molecule has 8 heteroatoms. The van der Waals surface area contributed by atoms with Gasteiger partial charge in [-0.05, 0) is 18.2 Å². The van der Waals surface area contributed by atoms with E-state index < -0.39 is 6.03 Å². The van der Waals surface area contributed by atoms with Crippen molar-refractivity contribution in [2.45, 2.75) is 6.92 Å². The van der Waals surface area contributed by atoms with Gasteiger partial charge in [0.15, 0.2) is 0 Å². The molecule has 6 N–H and O–H groups in total. The summed E-state index contributed by atoms with van der Waals surface area (Å²) in [5.41, 5.74) is 4.38. The maximum absolute atomic E-state index is 9.71. The third-order valence-electron chi connectivity index (χ3n) is 0.899. The summed E-state index contributed by atoms with van der Waals surface area (Å²) in [6, 6.07) is 1.20. The van der Waals surface area contributed by atoms with Crippen molar-refractivity contribution in [2.75, 3.05) is 0 Å². The summed E-state index contributed by atoms with van der Waals surface area (Å²) in [4.78, 5) is 9.71. The molecule has 0 aromatic carbocycles. The van der Waals surface area contributed by atoms with Gasteiger partial charge in [0.05, 0.1) is 11.9 Å². The van der Waals surface area contributed by atoms with Crippen molar-refractivity contribution < 1.29 is 4.79 Å². The SMILES string of the molecule is Cc1ccnnn1.NNC(=O)NN. The first-order chi connectivity index (χ1) is 6.20. The maximum Gasteiger partial charge on any atom is 0.343 e. The molecule has 0 radical (unpaired) electrons.